The molecule has 2 atom stereocenters. The van der Waals surface area contributed by atoms with Crippen LogP contribution in [0, 0.1) is 0 Å². The minimum atomic E-state index is -0.566. The summed E-state index contributed by atoms with van der Waals surface area (Å²) < 4.78 is 7.23. The highest BCUT2D eigenvalue weighted by Gasteiger charge is 2.35. The van der Waals surface area contributed by atoms with Gasteiger partial charge in [-0.3, -0.25) is 19.3 Å². The van der Waals surface area contributed by atoms with Crippen LogP contribution in [-0.4, -0.2) is 69.8 Å². The Kier molecular flexibility index (Phi) is 7.23. The molecule has 9 nitrogen and oxygen atoms in total. The summed E-state index contributed by atoms with van der Waals surface area (Å²) in [6, 6.07) is 5.54. The molecule has 1 aromatic carbocycles. The first kappa shape index (κ1) is 24.2. The molecule has 1 N–H and O–H groups in total. The monoisotopic (exact) mass is 469 g/mol. The molecule has 0 radical (unpaired) electrons. The van der Waals surface area contributed by atoms with Crippen molar-refractivity contribution >= 4 is 23.4 Å². The number of anilines is 2. The Morgan fingerprint density at radius 1 is 1.15 bits per heavy atom. The van der Waals surface area contributed by atoms with E-state index < -0.39 is 12.3 Å². The van der Waals surface area contributed by atoms with Gasteiger partial charge in [0.15, 0.2) is 0 Å². The van der Waals surface area contributed by atoms with Crippen molar-refractivity contribution in [1.29, 1.82) is 0 Å². The number of rotatable bonds is 5. The summed E-state index contributed by atoms with van der Waals surface area (Å²) in [5, 5.41) is 15.1. The summed E-state index contributed by atoms with van der Waals surface area (Å²) in [5.41, 5.74) is 3.07. The molecular weight excluding hydrogens is 434 g/mol. The number of nitrogens with zero attached hydrogens (tertiary/aromatic N) is 5. The van der Waals surface area contributed by atoms with Crippen LogP contribution in [0.3, 0.4) is 0 Å². The van der Waals surface area contributed by atoms with E-state index in [9.17, 15) is 14.7 Å². The van der Waals surface area contributed by atoms with Crippen LogP contribution >= 0.6 is 0 Å². The topological polar surface area (TPSA) is 91.1 Å². The van der Waals surface area contributed by atoms with Gasteiger partial charge in [0.2, 0.25) is 5.91 Å². The second kappa shape index (κ2) is 10.1. The number of fused-ring (bicyclic) bond motifs is 1. The van der Waals surface area contributed by atoms with Gasteiger partial charge in [-0.25, -0.2) is 4.79 Å². The quantitative estimate of drug-likeness (QED) is 0.721. The van der Waals surface area contributed by atoms with Gasteiger partial charge in [-0.1, -0.05) is 12.5 Å². The van der Waals surface area contributed by atoms with Crippen LogP contribution in [0.5, 0.6) is 0 Å². The molecule has 1 fully saturated rings. The number of aromatic nitrogens is 2. The van der Waals surface area contributed by atoms with Crippen LogP contribution in [0.4, 0.5) is 16.2 Å². The fourth-order valence-electron chi connectivity index (χ4n) is 4.83. The van der Waals surface area contributed by atoms with Gasteiger partial charge in [-0.2, -0.15) is 5.10 Å². The van der Waals surface area contributed by atoms with E-state index in [1.807, 2.05) is 45.2 Å². The first-order chi connectivity index (χ1) is 16.2. The van der Waals surface area contributed by atoms with Crippen molar-refractivity contribution in [3.8, 4) is 11.1 Å². The molecule has 2 aliphatic heterocycles. The zero-order valence-corrected chi connectivity index (χ0v) is 20.5. The van der Waals surface area contributed by atoms with Crippen LogP contribution in [0.2, 0.25) is 0 Å². The number of benzene rings is 1. The Labute approximate surface area is 200 Å². The average Bonchev–Trinajstić information content (AvgIpc) is 3.26. The second-order valence-corrected chi connectivity index (χ2v) is 9.51. The first-order valence-corrected chi connectivity index (χ1v) is 12.1. The summed E-state index contributed by atoms with van der Waals surface area (Å²) in [7, 11) is 0. The number of aliphatic hydroxyl groups is 1. The average molecular weight is 470 g/mol. The molecule has 9 heteroatoms. The summed E-state index contributed by atoms with van der Waals surface area (Å²) in [5.74, 6) is -0.0714. The third-order valence-corrected chi connectivity index (χ3v) is 6.44. The van der Waals surface area contributed by atoms with Crippen LogP contribution in [-0.2, 0) is 16.1 Å². The lowest BCUT2D eigenvalue weighted by molar-refractivity contribution is -0.117. The molecule has 34 heavy (non-hydrogen) atoms. The molecule has 0 aliphatic carbocycles. The maximum Gasteiger partial charge on any atom is 0.414 e. The number of hydrogen-bond donors (Lipinski definition) is 1. The summed E-state index contributed by atoms with van der Waals surface area (Å²) >= 11 is 0. The normalized spacial score (nSPS) is 19.8. The maximum absolute atomic E-state index is 12.9. The lowest BCUT2D eigenvalue weighted by atomic mass is 10.0. The lowest BCUT2D eigenvalue weighted by Crippen LogP contribution is -2.51. The number of carbonyl (C=O) groups is 2. The van der Waals surface area contributed by atoms with Gasteiger partial charge < -0.3 is 14.7 Å². The molecule has 2 aliphatic rings. The van der Waals surface area contributed by atoms with Crippen molar-refractivity contribution in [2.75, 3.05) is 29.4 Å². The molecule has 2 aromatic rings. The Balaban J connectivity index is 1.61. The van der Waals surface area contributed by atoms with Crippen molar-refractivity contribution in [3.63, 3.8) is 0 Å². The molecule has 0 saturated carbocycles. The smallest absolute Gasteiger partial charge is 0.414 e. The summed E-state index contributed by atoms with van der Waals surface area (Å²) in [6.45, 7) is 9.66. The van der Waals surface area contributed by atoms with Gasteiger partial charge in [0.1, 0.15) is 6.23 Å². The number of likely N-dealkylation sites (tertiary alicyclic amines) is 1. The Bertz CT molecular complexity index is 1030. The van der Waals surface area contributed by atoms with Crippen LogP contribution in [0.25, 0.3) is 11.1 Å². The van der Waals surface area contributed by atoms with Gasteiger partial charge in [-0.05, 0) is 51.3 Å². The number of carbonyl (C=O) groups excluding carboxylic acids is 2. The van der Waals surface area contributed by atoms with Crippen LogP contribution < -0.4 is 9.80 Å². The standard InChI is InChI=1S/C25H35N5O4/c1-17(2)34-25(33)29-14-18(3)30(19(4)31)22-9-8-20(12-23(22)29)21-13-26-28(15-21)16-24(32)27-10-6-5-7-11-27/h8-9,12-13,15,17-18,24,32H,5-7,10-11,14,16H2,1-4H3/t18-,24?/m0/s1. The lowest BCUT2D eigenvalue weighted by Gasteiger charge is -2.40. The molecule has 0 bridgehead atoms. The highest BCUT2D eigenvalue weighted by atomic mass is 16.6. The van der Waals surface area contributed by atoms with Crippen molar-refractivity contribution in [1.82, 2.24) is 14.7 Å². The highest BCUT2D eigenvalue weighted by Crippen LogP contribution is 2.39. The van der Waals surface area contributed by atoms with E-state index in [0.29, 0.717) is 24.5 Å². The van der Waals surface area contributed by atoms with Crippen LogP contribution in [0.15, 0.2) is 30.6 Å². The predicted octanol–water partition coefficient (Wildman–Crippen LogP) is 3.46. The number of hydrogen-bond acceptors (Lipinski definition) is 6. The molecular formula is C25H35N5O4. The Morgan fingerprint density at radius 2 is 1.88 bits per heavy atom. The summed E-state index contributed by atoms with van der Waals surface area (Å²) in [6.07, 6.45) is 5.87. The van der Waals surface area contributed by atoms with E-state index in [-0.39, 0.29) is 18.1 Å². The van der Waals surface area contributed by atoms with Gasteiger partial charge in [0, 0.05) is 38.3 Å². The zero-order chi connectivity index (χ0) is 24.4. The first-order valence-electron chi connectivity index (χ1n) is 12.1. The molecule has 1 saturated heterocycles. The van der Waals surface area contributed by atoms with E-state index in [0.717, 1.165) is 37.1 Å². The SMILES string of the molecule is CC(=O)N1c2ccc(-c3cnn(CC(O)N4CCCCC4)c3)cc2N(C(=O)OC(C)C)C[C@@H]1C. The maximum atomic E-state index is 12.9. The van der Waals surface area contributed by atoms with E-state index in [1.54, 1.807) is 20.7 Å². The fraction of sp³-hybridized carbons (Fsp3) is 0.560. The molecule has 2 amide bonds. The number of amides is 2. The third kappa shape index (κ3) is 5.10. The van der Waals surface area contributed by atoms with Crippen molar-refractivity contribution in [2.24, 2.45) is 0 Å². The van der Waals surface area contributed by atoms with E-state index in [4.69, 9.17) is 4.74 Å². The van der Waals surface area contributed by atoms with E-state index in [2.05, 4.69) is 10.00 Å². The minimum Gasteiger partial charge on any atom is -0.446 e. The highest BCUT2D eigenvalue weighted by molar-refractivity contribution is 6.03. The van der Waals surface area contributed by atoms with Crippen molar-refractivity contribution in [2.45, 2.75) is 71.9 Å². The van der Waals surface area contributed by atoms with Gasteiger partial charge in [-0.15, -0.1) is 0 Å². The molecule has 3 heterocycles. The predicted molar refractivity (Wildman–Crippen MR) is 131 cm³/mol. The largest absolute Gasteiger partial charge is 0.446 e. The molecule has 184 valence electrons. The van der Waals surface area contributed by atoms with E-state index in [1.165, 1.54) is 13.3 Å². The van der Waals surface area contributed by atoms with E-state index >= 15 is 0 Å². The van der Waals surface area contributed by atoms with Crippen LogP contribution in [0.1, 0.15) is 47.0 Å². The van der Waals surface area contributed by atoms with Gasteiger partial charge in [0.05, 0.1) is 36.3 Å². The number of aliphatic hydroxyl groups excluding tert-OH is 1. The van der Waals surface area contributed by atoms with Gasteiger partial charge in [0.25, 0.3) is 0 Å². The second-order valence-electron chi connectivity index (χ2n) is 9.51. The van der Waals surface area contributed by atoms with Crippen molar-refractivity contribution < 1.29 is 19.4 Å². The number of ether oxygens (including phenoxy) is 1. The van der Waals surface area contributed by atoms with Crippen molar-refractivity contribution in [3.05, 3.63) is 30.6 Å². The molecule has 1 aromatic heterocycles. The van der Waals surface area contributed by atoms with Gasteiger partial charge >= 0.3 is 6.09 Å². The fourth-order valence-corrected chi connectivity index (χ4v) is 4.83. The Morgan fingerprint density at radius 3 is 2.56 bits per heavy atom. The summed E-state index contributed by atoms with van der Waals surface area (Å²) in [4.78, 5) is 30.7. The molecule has 4 rings (SSSR count). The number of piperidine rings is 1. The third-order valence-electron chi connectivity index (χ3n) is 6.44. The minimum absolute atomic E-state index is 0.0714. The molecule has 0 spiro atoms. The molecule has 1 unspecified atom stereocenters. The zero-order valence-electron chi connectivity index (χ0n) is 20.5. The Hall–Kier alpha value is -2.91.